The van der Waals surface area contributed by atoms with Gasteiger partial charge in [-0.2, -0.15) is 0 Å². The lowest BCUT2D eigenvalue weighted by molar-refractivity contribution is -0.384. The number of tetrazole rings is 1. The average Bonchev–Trinajstić information content (AvgIpc) is 3.31. The van der Waals surface area contributed by atoms with Crippen LogP contribution in [0.1, 0.15) is 27.7 Å². The van der Waals surface area contributed by atoms with Crippen molar-refractivity contribution >= 4 is 39.8 Å². The van der Waals surface area contributed by atoms with E-state index >= 15 is 0 Å². The highest BCUT2D eigenvalue weighted by Crippen LogP contribution is 2.29. The summed E-state index contributed by atoms with van der Waals surface area (Å²) >= 11 is 2.51. The first-order valence-electron chi connectivity index (χ1n) is 8.62. The molecule has 10 nitrogen and oxygen atoms in total. The van der Waals surface area contributed by atoms with Crippen molar-refractivity contribution in [1.82, 2.24) is 25.2 Å². The average molecular weight is 434 g/mol. The number of nitro benzene ring substituents is 1. The maximum atomic E-state index is 12.6. The van der Waals surface area contributed by atoms with Crippen molar-refractivity contribution < 1.29 is 9.72 Å². The second-order valence-corrected chi connectivity index (χ2v) is 9.30. The van der Waals surface area contributed by atoms with Crippen molar-refractivity contribution in [1.29, 1.82) is 0 Å². The summed E-state index contributed by atoms with van der Waals surface area (Å²) in [6.07, 6.45) is 0. The number of benzene rings is 1. The fourth-order valence-corrected chi connectivity index (χ4v) is 4.03. The van der Waals surface area contributed by atoms with E-state index in [1.54, 1.807) is 29.1 Å². The summed E-state index contributed by atoms with van der Waals surface area (Å²) < 4.78 is 1.67. The summed E-state index contributed by atoms with van der Waals surface area (Å²) in [5, 5.41) is 27.6. The molecule has 3 aromatic rings. The smallest absolute Gasteiger partial charge is 0.270 e. The Morgan fingerprint density at radius 2 is 2.14 bits per heavy atom. The molecule has 1 atom stereocenters. The number of rotatable bonds is 6. The first-order valence-corrected chi connectivity index (χ1v) is 10.4. The Labute approximate surface area is 174 Å². The van der Waals surface area contributed by atoms with Gasteiger partial charge in [0.2, 0.25) is 11.1 Å². The number of amides is 1. The van der Waals surface area contributed by atoms with Crippen molar-refractivity contribution in [2.75, 3.05) is 5.32 Å². The molecule has 0 aliphatic heterocycles. The van der Waals surface area contributed by atoms with E-state index in [-0.39, 0.29) is 17.1 Å². The van der Waals surface area contributed by atoms with Crippen LogP contribution in [0.2, 0.25) is 0 Å². The normalized spacial score (nSPS) is 12.6. The number of thiazole rings is 1. The molecule has 0 aliphatic carbocycles. The van der Waals surface area contributed by atoms with Crippen molar-refractivity contribution in [3.63, 3.8) is 0 Å². The van der Waals surface area contributed by atoms with Crippen LogP contribution in [0.4, 0.5) is 10.8 Å². The van der Waals surface area contributed by atoms with Crippen LogP contribution in [-0.4, -0.2) is 41.3 Å². The van der Waals surface area contributed by atoms with Crippen molar-refractivity contribution in [2.45, 2.75) is 43.6 Å². The summed E-state index contributed by atoms with van der Waals surface area (Å²) in [7, 11) is 0. The topological polar surface area (TPSA) is 129 Å². The summed E-state index contributed by atoms with van der Waals surface area (Å²) in [6.45, 7) is 7.69. The molecule has 1 unspecified atom stereocenters. The third-order valence-electron chi connectivity index (χ3n) is 3.81. The molecule has 0 bridgehead atoms. The molecule has 2 aromatic heterocycles. The molecule has 0 radical (unpaired) electrons. The highest BCUT2D eigenvalue weighted by atomic mass is 32.2. The zero-order chi connectivity index (χ0) is 21.2. The minimum absolute atomic E-state index is 0.0114. The summed E-state index contributed by atoms with van der Waals surface area (Å²) in [4.78, 5) is 27.4. The number of nitro groups is 1. The first-order chi connectivity index (χ1) is 13.6. The van der Waals surface area contributed by atoms with Crippen LogP contribution in [0.25, 0.3) is 11.3 Å². The minimum Gasteiger partial charge on any atom is -0.301 e. The molecular weight excluding hydrogens is 414 g/mol. The predicted octanol–water partition coefficient (Wildman–Crippen LogP) is 3.58. The molecule has 0 aliphatic rings. The monoisotopic (exact) mass is 433 g/mol. The zero-order valence-corrected chi connectivity index (χ0v) is 17.8. The van der Waals surface area contributed by atoms with Gasteiger partial charge in [0.25, 0.3) is 5.69 Å². The molecule has 2 heterocycles. The van der Waals surface area contributed by atoms with E-state index in [0.717, 1.165) is 0 Å². The molecule has 3 rings (SSSR count). The van der Waals surface area contributed by atoms with Crippen LogP contribution >= 0.6 is 23.1 Å². The van der Waals surface area contributed by atoms with E-state index in [2.05, 4.69) is 25.8 Å². The maximum absolute atomic E-state index is 12.6. The Hall–Kier alpha value is -2.86. The van der Waals surface area contributed by atoms with E-state index in [4.69, 9.17) is 0 Å². The quantitative estimate of drug-likeness (QED) is 0.355. The van der Waals surface area contributed by atoms with Crippen LogP contribution in [0.15, 0.2) is 34.8 Å². The molecule has 1 amide bonds. The largest absolute Gasteiger partial charge is 0.301 e. The molecule has 12 heteroatoms. The van der Waals surface area contributed by atoms with Gasteiger partial charge in [-0.05, 0) is 38.1 Å². The number of hydrogen-bond acceptors (Lipinski definition) is 9. The molecule has 0 saturated carbocycles. The summed E-state index contributed by atoms with van der Waals surface area (Å²) in [5.74, 6) is -0.238. The first kappa shape index (κ1) is 20.9. The van der Waals surface area contributed by atoms with E-state index in [0.29, 0.717) is 21.5 Å². The Morgan fingerprint density at radius 1 is 1.38 bits per heavy atom. The Kier molecular flexibility index (Phi) is 5.94. The number of non-ortho nitro benzene ring substituents is 1. The van der Waals surface area contributed by atoms with E-state index in [9.17, 15) is 14.9 Å². The van der Waals surface area contributed by atoms with Gasteiger partial charge < -0.3 is 5.32 Å². The molecule has 1 N–H and O–H groups in total. The van der Waals surface area contributed by atoms with Gasteiger partial charge >= 0.3 is 0 Å². The van der Waals surface area contributed by atoms with Gasteiger partial charge in [-0.1, -0.05) is 23.9 Å². The standard InChI is InChI=1S/C17H19N7O3S2/c1-10(29-16-20-21-22-23(16)17(2,3)4)14(25)19-15-18-13(9-28-15)11-6-5-7-12(8-11)24(26)27/h5-10H,1-4H3,(H,18,19,25). The summed E-state index contributed by atoms with van der Waals surface area (Å²) in [5.41, 5.74) is 0.862. The van der Waals surface area contributed by atoms with Gasteiger partial charge in [-0.25, -0.2) is 9.67 Å². The lowest BCUT2D eigenvalue weighted by Gasteiger charge is -2.20. The highest BCUT2D eigenvalue weighted by molar-refractivity contribution is 8.00. The highest BCUT2D eigenvalue weighted by Gasteiger charge is 2.24. The van der Waals surface area contributed by atoms with E-state index < -0.39 is 10.2 Å². The van der Waals surface area contributed by atoms with Gasteiger partial charge in [0.15, 0.2) is 5.13 Å². The van der Waals surface area contributed by atoms with E-state index in [1.807, 2.05) is 20.8 Å². The van der Waals surface area contributed by atoms with Gasteiger partial charge in [-0.15, -0.1) is 16.4 Å². The fraction of sp³-hybridized carbons (Fsp3) is 0.353. The second kappa shape index (κ2) is 8.25. The minimum atomic E-state index is -0.456. The molecule has 152 valence electrons. The Balaban J connectivity index is 1.68. The molecular formula is C17H19N7O3S2. The molecule has 0 fully saturated rings. The Morgan fingerprint density at radius 3 is 2.83 bits per heavy atom. The van der Waals surface area contributed by atoms with Crippen molar-refractivity contribution in [3.05, 3.63) is 39.8 Å². The third-order valence-corrected chi connectivity index (χ3v) is 5.61. The van der Waals surface area contributed by atoms with Crippen LogP contribution in [0, 0.1) is 10.1 Å². The molecule has 0 spiro atoms. The van der Waals surface area contributed by atoms with Gasteiger partial charge in [-0.3, -0.25) is 14.9 Å². The number of nitrogens with one attached hydrogen (secondary N) is 1. The maximum Gasteiger partial charge on any atom is 0.270 e. The molecule has 1 aromatic carbocycles. The SMILES string of the molecule is CC(Sc1nnnn1C(C)(C)C)C(=O)Nc1nc(-c2cccc([N+](=O)[O-])c2)cs1. The molecule has 29 heavy (non-hydrogen) atoms. The lowest BCUT2D eigenvalue weighted by Crippen LogP contribution is -2.27. The van der Waals surface area contributed by atoms with Crippen LogP contribution in [-0.2, 0) is 10.3 Å². The van der Waals surface area contributed by atoms with Crippen molar-refractivity contribution in [3.8, 4) is 11.3 Å². The number of hydrogen-bond donors (Lipinski definition) is 1. The number of nitrogens with zero attached hydrogens (tertiary/aromatic N) is 6. The second-order valence-electron chi connectivity index (χ2n) is 7.14. The number of thioether (sulfide) groups is 1. The van der Waals surface area contributed by atoms with Crippen molar-refractivity contribution in [2.24, 2.45) is 0 Å². The number of carbonyl (C=O) groups excluding carboxylic acids is 1. The predicted molar refractivity (Wildman–Crippen MR) is 111 cm³/mol. The number of aromatic nitrogens is 5. The third kappa shape index (κ3) is 4.95. The number of carbonyl (C=O) groups is 1. The Bertz CT molecular complexity index is 1040. The molecule has 0 saturated heterocycles. The van der Waals surface area contributed by atoms with Gasteiger partial charge in [0.05, 0.1) is 21.4 Å². The number of anilines is 1. The van der Waals surface area contributed by atoms with Gasteiger partial charge in [0, 0.05) is 23.1 Å². The van der Waals surface area contributed by atoms with Crippen LogP contribution in [0.3, 0.4) is 0 Å². The lowest BCUT2D eigenvalue weighted by atomic mass is 10.1. The van der Waals surface area contributed by atoms with E-state index in [1.165, 1.54) is 35.2 Å². The van der Waals surface area contributed by atoms with Crippen LogP contribution < -0.4 is 5.32 Å². The van der Waals surface area contributed by atoms with Crippen LogP contribution in [0.5, 0.6) is 0 Å². The summed E-state index contributed by atoms with van der Waals surface area (Å²) in [6, 6.07) is 6.20. The van der Waals surface area contributed by atoms with Gasteiger partial charge in [0.1, 0.15) is 0 Å². The zero-order valence-electron chi connectivity index (χ0n) is 16.2. The fourth-order valence-electron chi connectivity index (χ4n) is 2.33.